The number of carboxylic acids is 1. The quantitative estimate of drug-likeness (QED) is 0.418. The molecule has 2 heterocycles. The summed E-state index contributed by atoms with van der Waals surface area (Å²) < 4.78 is 0. The van der Waals surface area contributed by atoms with Crippen LogP contribution in [0.25, 0.3) is 0 Å². The van der Waals surface area contributed by atoms with Crippen LogP contribution in [-0.2, 0) is 4.79 Å². The standard InChI is InChI=1S/C8H16BNO4.C8H18BNO2/c1-9(14)10-4-2-8(13,3-5-10)6-7(11)12;1-3-8(11)4-6-10(7-5-8)9(2)12/h13-14H,2-6H2,1H3,(H,11,12);11-12H,3-7H2,1-2H3. The number of rotatable bonds is 5. The fraction of sp³-hybridized carbons (Fsp3) is 0.938. The molecule has 2 aliphatic rings. The molecule has 0 radical (unpaired) electrons. The van der Waals surface area contributed by atoms with Crippen LogP contribution in [0.15, 0.2) is 0 Å². The number of carbonyl (C=O) groups is 1. The maximum absolute atomic E-state index is 10.5. The maximum atomic E-state index is 10.5. The Labute approximate surface area is 157 Å². The normalized spacial score (nSPS) is 22.9. The second-order valence-electron chi connectivity index (χ2n) is 7.71. The van der Waals surface area contributed by atoms with Crippen molar-refractivity contribution in [2.24, 2.45) is 0 Å². The minimum absolute atomic E-state index is 0.208. The number of nitrogens with zero attached hydrogens (tertiary/aromatic N) is 2. The first-order valence-corrected chi connectivity index (χ1v) is 9.51. The SMILES string of the molecule is CB(O)N1CCC(O)(CC(=O)O)CC1.CCC1(O)CCN(B(C)O)CC1. The third-order valence-electron chi connectivity index (χ3n) is 5.65. The first kappa shape index (κ1) is 23.4. The molecule has 0 amide bonds. The lowest BCUT2D eigenvalue weighted by molar-refractivity contribution is -0.144. The molecule has 8 nitrogen and oxygen atoms in total. The van der Waals surface area contributed by atoms with Gasteiger partial charge in [0.25, 0.3) is 0 Å². The predicted molar refractivity (Wildman–Crippen MR) is 102 cm³/mol. The molecule has 26 heavy (non-hydrogen) atoms. The molecule has 2 aliphatic heterocycles. The van der Waals surface area contributed by atoms with Gasteiger partial charge in [-0.1, -0.05) is 6.92 Å². The molecule has 150 valence electrons. The fourth-order valence-electron chi connectivity index (χ4n) is 3.44. The molecule has 0 aromatic carbocycles. The van der Waals surface area contributed by atoms with Gasteiger partial charge in [-0.3, -0.25) is 4.79 Å². The van der Waals surface area contributed by atoms with E-state index in [-0.39, 0.29) is 13.5 Å². The molecule has 0 saturated carbocycles. The van der Waals surface area contributed by atoms with E-state index in [4.69, 9.17) is 5.11 Å². The van der Waals surface area contributed by atoms with E-state index < -0.39 is 24.2 Å². The van der Waals surface area contributed by atoms with Gasteiger partial charge in [-0.15, -0.1) is 0 Å². The molecule has 0 aromatic heterocycles. The minimum Gasteiger partial charge on any atom is -0.481 e. The Morgan fingerprint density at radius 1 is 0.885 bits per heavy atom. The number of hydrogen-bond donors (Lipinski definition) is 5. The lowest BCUT2D eigenvalue weighted by Gasteiger charge is -2.38. The van der Waals surface area contributed by atoms with Gasteiger partial charge in [0.05, 0.1) is 17.6 Å². The molecule has 0 spiro atoms. The Kier molecular flexibility index (Phi) is 9.05. The van der Waals surface area contributed by atoms with Crippen molar-refractivity contribution in [2.75, 3.05) is 26.2 Å². The Morgan fingerprint density at radius 3 is 1.50 bits per heavy atom. The van der Waals surface area contributed by atoms with Crippen molar-refractivity contribution in [3.05, 3.63) is 0 Å². The molecule has 0 bridgehead atoms. The van der Waals surface area contributed by atoms with E-state index in [1.54, 1.807) is 13.6 Å². The third-order valence-corrected chi connectivity index (χ3v) is 5.65. The van der Waals surface area contributed by atoms with Gasteiger partial charge in [0.2, 0.25) is 0 Å². The Hall–Kier alpha value is -0.640. The van der Waals surface area contributed by atoms with Crippen LogP contribution in [0.4, 0.5) is 0 Å². The number of carboxylic acid groups (broad SMARTS) is 1. The van der Waals surface area contributed by atoms with Gasteiger partial charge in [-0.25, -0.2) is 0 Å². The van der Waals surface area contributed by atoms with E-state index in [2.05, 4.69) is 0 Å². The molecule has 2 rings (SSSR count). The van der Waals surface area contributed by atoms with Crippen LogP contribution in [0.3, 0.4) is 0 Å². The first-order valence-electron chi connectivity index (χ1n) is 9.51. The monoisotopic (exact) mass is 372 g/mol. The van der Waals surface area contributed by atoms with Crippen LogP contribution in [0.2, 0.25) is 13.6 Å². The highest BCUT2D eigenvalue weighted by Crippen LogP contribution is 2.26. The number of aliphatic carboxylic acids is 1. The molecule has 10 heteroatoms. The van der Waals surface area contributed by atoms with Crippen molar-refractivity contribution in [3.8, 4) is 0 Å². The van der Waals surface area contributed by atoms with E-state index >= 15 is 0 Å². The molecular weight excluding hydrogens is 338 g/mol. The second-order valence-corrected chi connectivity index (χ2v) is 7.71. The summed E-state index contributed by atoms with van der Waals surface area (Å²) in [6.45, 7) is 8.16. The van der Waals surface area contributed by atoms with Crippen molar-refractivity contribution in [1.82, 2.24) is 9.62 Å². The highest BCUT2D eigenvalue weighted by molar-refractivity contribution is 6.45. The van der Waals surface area contributed by atoms with E-state index in [9.17, 15) is 25.1 Å². The highest BCUT2D eigenvalue weighted by atomic mass is 16.4. The van der Waals surface area contributed by atoms with E-state index in [0.29, 0.717) is 25.9 Å². The van der Waals surface area contributed by atoms with Gasteiger partial charge < -0.3 is 35.0 Å². The predicted octanol–water partition coefficient (Wildman–Crippen LogP) is -0.268. The van der Waals surface area contributed by atoms with E-state index in [1.807, 2.05) is 16.5 Å². The molecule has 5 N–H and O–H groups in total. The summed E-state index contributed by atoms with van der Waals surface area (Å²) in [5.74, 6) is -0.974. The first-order chi connectivity index (χ1) is 12.0. The van der Waals surface area contributed by atoms with Crippen LogP contribution in [0.1, 0.15) is 45.4 Å². The number of piperidine rings is 2. The zero-order valence-corrected chi connectivity index (χ0v) is 16.3. The zero-order chi connectivity index (χ0) is 20.0. The highest BCUT2D eigenvalue weighted by Gasteiger charge is 2.36. The third kappa shape index (κ3) is 7.54. The summed E-state index contributed by atoms with van der Waals surface area (Å²) in [4.78, 5) is 14.3. The van der Waals surface area contributed by atoms with Gasteiger partial charge in [0.1, 0.15) is 0 Å². The summed E-state index contributed by atoms with van der Waals surface area (Å²) in [7, 11) is -0.893. The van der Waals surface area contributed by atoms with Gasteiger partial charge in [-0.05, 0) is 71.9 Å². The van der Waals surface area contributed by atoms with Gasteiger partial charge in [0, 0.05) is 0 Å². The van der Waals surface area contributed by atoms with Gasteiger partial charge >= 0.3 is 20.1 Å². The van der Waals surface area contributed by atoms with Crippen LogP contribution in [-0.4, -0.2) is 92.4 Å². The van der Waals surface area contributed by atoms with E-state index in [0.717, 1.165) is 32.4 Å². The number of aliphatic hydroxyl groups is 2. The molecular formula is C16H34B2N2O6. The summed E-state index contributed by atoms with van der Waals surface area (Å²) in [5.41, 5.74) is -1.55. The van der Waals surface area contributed by atoms with Crippen molar-refractivity contribution < 1.29 is 30.2 Å². The van der Waals surface area contributed by atoms with Gasteiger partial charge in [0.15, 0.2) is 0 Å². The summed E-state index contributed by atoms with van der Waals surface area (Å²) >= 11 is 0. The smallest absolute Gasteiger partial charge is 0.376 e. The molecule has 0 atom stereocenters. The number of hydrogen-bond acceptors (Lipinski definition) is 7. The summed E-state index contributed by atoms with van der Waals surface area (Å²) in [6.07, 6.45) is 3.00. The molecule has 0 aliphatic carbocycles. The largest absolute Gasteiger partial charge is 0.481 e. The second kappa shape index (κ2) is 10.1. The van der Waals surface area contributed by atoms with Crippen LogP contribution >= 0.6 is 0 Å². The molecule has 2 saturated heterocycles. The van der Waals surface area contributed by atoms with Crippen molar-refractivity contribution in [3.63, 3.8) is 0 Å². The van der Waals surface area contributed by atoms with E-state index in [1.165, 1.54) is 0 Å². The Balaban J connectivity index is 0.000000263. The van der Waals surface area contributed by atoms with Crippen molar-refractivity contribution in [1.29, 1.82) is 0 Å². The lowest BCUT2D eigenvalue weighted by Crippen LogP contribution is -2.50. The van der Waals surface area contributed by atoms with Crippen LogP contribution < -0.4 is 0 Å². The molecule has 0 unspecified atom stereocenters. The van der Waals surface area contributed by atoms with Crippen molar-refractivity contribution in [2.45, 2.75) is 70.3 Å². The average molecular weight is 372 g/mol. The van der Waals surface area contributed by atoms with Crippen LogP contribution in [0.5, 0.6) is 0 Å². The topological polar surface area (TPSA) is 125 Å². The summed E-state index contributed by atoms with van der Waals surface area (Å²) in [5, 5.41) is 46.8. The summed E-state index contributed by atoms with van der Waals surface area (Å²) in [6, 6.07) is 0. The Morgan fingerprint density at radius 2 is 1.23 bits per heavy atom. The van der Waals surface area contributed by atoms with Gasteiger partial charge in [-0.2, -0.15) is 0 Å². The van der Waals surface area contributed by atoms with Crippen LogP contribution in [0, 0.1) is 0 Å². The fourth-order valence-corrected chi connectivity index (χ4v) is 3.44. The lowest BCUT2D eigenvalue weighted by atomic mass is 9.78. The minimum atomic E-state index is -1.09. The molecule has 0 aromatic rings. The Bertz CT molecular complexity index is 436. The van der Waals surface area contributed by atoms with Crippen molar-refractivity contribution >= 4 is 20.1 Å². The average Bonchev–Trinajstić information content (AvgIpc) is 2.55. The molecule has 2 fully saturated rings. The maximum Gasteiger partial charge on any atom is 0.376 e. The zero-order valence-electron chi connectivity index (χ0n) is 16.3.